The molecular formula is C14H14N4O2S. The molecule has 1 unspecified atom stereocenters. The van der Waals surface area contributed by atoms with E-state index >= 15 is 0 Å². The Hall–Kier alpha value is -2.28. The summed E-state index contributed by atoms with van der Waals surface area (Å²) in [5.41, 5.74) is 0.589. The smallest absolute Gasteiger partial charge is 0.282 e. The number of nitrogens with one attached hydrogen (secondary N) is 1. The number of thiazole rings is 1. The predicted octanol–water partition coefficient (Wildman–Crippen LogP) is 1.41. The number of nitrogens with zero attached hydrogens (tertiary/aromatic N) is 3. The van der Waals surface area contributed by atoms with E-state index in [4.69, 9.17) is 0 Å². The van der Waals surface area contributed by atoms with Crippen LogP contribution in [0, 0.1) is 5.92 Å². The Labute approximate surface area is 125 Å². The topological polar surface area (TPSA) is 75.2 Å². The number of likely N-dealkylation sites (tertiary alicyclic amines) is 1. The fourth-order valence-electron chi connectivity index (χ4n) is 2.37. The molecule has 0 aromatic carbocycles. The standard InChI is InChI=1S/C14H14N4O2S/c1-2-15-12(19)9-5-7-18(8-9)14(20)13-17-11-10(21-13)4-3-6-16-11/h2-4,6,9H,1,5,7-8H2,(H,15,19). The van der Waals surface area contributed by atoms with Crippen molar-refractivity contribution < 1.29 is 9.59 Å². The highest BCUT2D eigenvalue weighted by Crippen LogP contribution is 2.24. The number of hydrogen-bond acceptors (Lipinski definition) is 5. The Kier molecular flexibility index (Phi) is 3.66. The van der Waals surface area contributed by atoms with Crippen LogP contribution in [0.15, 0.2) is 31.1 Å². The van der Waals surface area contributed by atoms with Crippen molar-refractivity contribution in [3.63, 3.8) is 0 Å². The average Bonchev–Trinajstić information content (AvgIpc) is 3.13. The van der Waals surface area contributed by atoms with Crippen LogP contribution in [-0.4, -0.2) is 39.8 Å². The summed E-state index contributed by atoms with van der Waals surface area (Å²) < 4.78 is 0.890. The van der Waals surface area contributed by atoms with Crippen molar-refractivity contribution in [2.75, 3.05) is 13.1 Å². The van der Waals surface area contributed by atoms with Gasteiger partial charge in [-0.3, -0.25) is 9.59 Å². The molecule has 6 nitrogen and oxygen atoms in total. The van der Waals surface area contributed by atoms with Gasteiger partial charge in [0.1, 0.15) is 0 Å². The summed E-state index contributed by atoms with van der Waals surface area (Å²) in [6.07, 6.45) is 3.68. The van der Waals surface area contributed by atoms with E-state index in [1.165, 1.54) is 17.5 Å². The van der Waals surface area contributed by atoms with Crippen LogP contribution in [0.5, 0.6) is 0 Å². The van der Waals surface area contributed by atoms with Crippen molar-refractivity contribution in [3.8, 4) is 0 Å². The molecule has 21 heavy (non-hydrogen) atoms. The molecule has 2 amide bonds. The van der Waals surface area contributed by atoms with E-state index in [1.54, 1.807) is 11.1 Å². The Bertz CT molecular complexity index is 679. The van der Waals surface area contributed by atoms with E-state index in [0.717, 1.165) is 4.70 Å². The number of carbonyl (C=O) groups excluding carboxylic acids is 2. The second-order valence-electron chi connectivity index (χ2n) is 4.79. The van der Waals surface area contributed by atoms with Gasteiger partial charge in [-0.2, -0.15) is 0 Å². The number of amides is 2. The van der Waals surface area contributed by atoms with Crippen LogP contribution in [0.2, 0.25) is 0 Å². The molecule has 0 bridgehead atoms. The van der Waals surface area contributed by atoms with E-state index in [1.807, 2.05) is 12.1 Å². The molecule has 0 aliphatic carbocycles. The molecule has 1 N–H and O–H groups in total. The van der Waals surface area contributed by atoms with Crippen molar-refractivity contribution in [2.24, 2.45) is 5.92 Å². The normalized spacial score (nSPS) is 17.9. The molecule has 108 valence electrons. The molecule has 3 heterocycles. The van der Waals surface area contributed by atoms with Gasteiger partial charge >= 0.3 is 0 Å². The Balaban J connectivity index is 1.74. The first-order chi connectivity index (χ1) is 10.2. The van der Waals surface area contributed by atoms with Crippen LogP contribution in [-0.2, 0) is 4.79 Å². The average molecular weight is 302 g/mol. The van der Waals surface area contributed by atoms with Crippen LogP contribution in [0.4, 0.5) is 0 Å². The zero-order valence-corrected chi connectivity index (χ0v) is 12.1. The van der Waals surface area contributed by atoms with E-state index in [9.17, 15) is 9.59 Å². The van der Waals surface area contributed by atoms with Gasteiger partial charge in [-0.15, -0.1) is 11.3 Å². The van der Waals surface area contributed by atoms with Crippen molar-refractivity contribution in [3.05, 3.63) is 36.1 Å². The molecule has 0 saturated carbocycles. The lowest BCUT2D eigenvalue weighted by Crippen LogP contribution is -2.32. The molecule has 2 aromatic heterocycles. The summed E-state index contributed by atoms with van der Waals surface area (Å²) in [5.74, 6) is -0.405. The highest BCUT2D eigenvalue weighted by atomic mass is 32.1. The Morgan fingerprint density at radius 2 is 2.38 bits per heavy atom. The quantitative estimate of drug-likeness (QED) is 0.930. The van der Waals surface area contributed by atoms with E-state index < -0.39 is 0 Å². The monoisotopic (exact) mass is 302 g/mol. The maximum Gasteiger partial charge on any atom is 0.282 e. The van der Waals surface area contributed by atoms with Crippen LogP contribution in [0.1, 0.15) is 16.2 Å². The molecular weight excluding hydrogens is 288 g/mol. The summed E-state index contributed by atoms with van der Waals surface area (Å²) in [5, 5.41) is 3.00. The molecule has 0 spiro atoms. The van der Waals surface area contributed by atoms with E-state index in [2.05, 4.69) is 21.9 Å². The second-order valence-corrected chi connectivity index (χ2v) is 5.82. The van der Waals surface area contributed by atoms with Gasteiger partial charge in [0.05, 0.1) is 10.6 Å². The minimum atomic E-state index is -0.181. The van der Waals surface area contributed by atoms with Crippen LogP contribution >= 0.6 is 11.3 Å². The predicted molar refractivity (Wildman–Crippen MR) is 79.8 cm³/mol. The molecule has 7 heteroatoms. The summed E-state index contributed by atoms with van der Waals surface area (Å²) in [6.45, 7) is 4.46. The zero-order chi connectivity index (χ0) is 14.8. The van der Waals surface area contributed by atoms with Gasteiger partial charge in [0.25, 0.3) is 5.91 Å². The third kappa shape index (κ3) is 2.64. The minimum Gasteiger partial charge on any atom is -0.336 e. The van der Waals surface area contributed by atoms with Crippen LogP contribution in [0.3, 0.4) is 0 Å². The van der Waals surface area contributed by atoms with Gasteiger partial charge in [0.2, 0.25) is 5.91 Å². The van der Waals surface area contributed by atoms with Gasteiger partial charge in [-0.1, -0.05) is 6.58 Å². The Morgan fingerprint density at radius 3 is 3.14 bits per heavy atom. The number of aromatic nitrogens is 2. The molecule has 1 fully saturated rings. The fraction of sp³-hybridized carbons (Fsp3) is 0.286. The van der Waals surface area contributed by atoms with Gasteiger partial charge in [-0.25, -0.2) is 9.97 Å². The van der Waals surface area contributed by atoms with Gasteiger partial charge in [0.15, 0.2) is 10.7 Å². The first-order valence-corrected chi connectivity index (χ1v) is 7.43. The maximum atomic E-state index is 12.4. The second kappa shape index (κ2) is 5.61. The number of hydrogen-bond donors (Lipinski definition) is 1. The summed E-state index contributed by atoms with van der Waals surface area (Å²) in [6, 6.07) is 3.71. The summed E-state index contributed by atoms with van der Waals surface area (Å²) in [7, 11) is 0. The molecule has 1 aliphatic heterocycles. The van der Waals surface area contributed by atoms with Crippen molar-refractivity contribution in [1.29, 1.82) is 0 Å². The molecule has 2 aromatic rings. The van der Waals surface area contributed by atoms with Crippen molar-refractivity contribution in [2.45, 2.75) is 6.42 Å². The molecule has 3 rings (SSSR count). The number of carbonyl (C=O) groups is 2. The highest BCUT2D eigenvalue weighted by molar-refractivity contribution is 7.20. The van der Waals surface area contributed by atoms with Crippen molar-refractivity contribution >= 4 is 33.5 Å². The van der Waals surface area contributed by atoms with Crippen molar-refractivity contribution in [1.82, 2.24) is 20.2 Å². The number of fused-ring (bicyclic) bond motifs is 1. The van der Waals surface area contributed by atoms with Crippen LogP contribution in [0.25, 0.3) is 10.3 Å². The van der Waals surface area contributed by atoms with Gasteiger partial charge in [0, 0.05) is 19.3 Å². The lowest BCUT2D eigenvalue weighted by atomic mass is 10.1. The first kappa shape index (κ1) is 13.7. The molecule has 0 radical (unpaired) electrons. The third-order valence-corrected chi connectivity index (χ3v) is 4.44. The van der Waals surface area contributed by atoms with Crippen LogP contribution < -0.4 is 5.32 Å². The SMILES string of the molecule is C=CNC(=O)C1CCN(C(=O)c2nc3ncccc3s2)C1. The summed E-state index contributed by atoms with van der Waals surface area (Å²) >= 11 is 1.33. The van der Waals surface area contributed by atoms with Gasteiger partial charge in [-0.05, 0) is 24.8 Å². The molecule has 1 saturated heterocycles. The lowest BCUT2D eigenvalue weighted by Gasteiger charge is -2.14. The zero-order valence-electron chi connectivity index (χ0n) is 11.3. The number of rotatable bonds is 3. The highest BCUT2D eigenvalue weighted by Gasteiger charge is 2.32. The lowest BCUT2D eigenvalue weighted by molar-refractivity contribution is -0.123. The fourth-order valence-corrected chi connectivity index (χ4v) is 3.27. The maximum absolute atomic E-state index is 12.4. The summed E-state index contributed by atoms with van der Waals surface area (Å²) in [4.78, 5) is 34.3. The first-order valence-electron chi connectivity index (χ1n) is 6.61. The van der Waals surface area contributed by atoms with Gasteiger partial charge < -0.3 is 10.2 Å². The molecule has 1 atom stereocenters. The number of pyridine rings is 1. The minimum absolute atomic E-state index is 0.0914. The largest absolute Gasteiger partial charge is 0.336 e. The third-order valence-electron chi connectivity index (χ3n) is 3.44. The Morgan fingerprint density at radius 1 is 1.52 bits per heavy atom. The van der Waals surface area contributed by atoms with E-state index in [0.29, 0.717) is 30.2 Å². The van der Waals surface area contributed by atoms with E-state index in [-0.39, 0.29) is 17.7 Å². The molecule has 1 aliphatic rings.